The molecular weight excluding hydrogens is 456 g/mol. The number of hydrogen-bond donors (Lipinski definition) is 4. The van der Waals surface area contributed by atoms with Crippen LogP contribution in [-0.4, -0.2) is 50.0 Å². The van der Waals surface area contributed by atoms with Crippen LogP contribution in [0.5, 0.6) is 0 Å². The summed E-state index contributed by atoms with van der Waals surface area (Å²) in [6.07, 6.45) is 4.63. The number of hydrogen-bond acceptors (Lipinski definition) is 5. The van der Waals surface area contributed by atoms with Crippen LogP contribution < -0.4 is 0 Å². The molecule has 5 rings (SSSR count). The second kappa shape index (κ2) is 7.45. The molecule has 36 heavy (non-hydrogen) atoms. The number of carboxylic acids is 1. The Morgan fingerprint density at radius 1 is 0.917 bits per heavy atom. The molecule has 0 aromatic rings. The summed E-state index contributed by atoms with van der Waals surface area (Å²) in [5.41, 5.74) is -2.95. The Kier molecular flexibility index (Phi) is 5.45. The van der Waals surface area contributed by atoms with Gasteiger partial charge in [-0.15, -0.1) is 0 Å². The minimum absolute atomic E-state index is 0.00270. The first-order valence-electron chi connectivity index (χ1n) is 14.0. The maximum Gasteiger partial charge on any atom is 0.310 e. The molecule has 0 aliphatic heterocycles. The van der Waals surface area contributed by atoms with E-state index in [4.69, 9.17) is 0 Å². The summed E-state index contributed by atoms with van der Waals surface area (Å²) in [7, 11) is 0. The highest BCUT2D eigenvalue weighted by Gasteiger charge is 2.73. The molecular formula is C30H46O6. The maximum atomic E-state index is 13.2. The third-order valence-electron chi connectivity index (χ3n) is 13.4. The van der Waals surface area contributed by atoms with Crippen LogP contribution in [0.1, 0.15) is 93.4 Å². The first kappa shape index (κ1) is 26.4. The molecule has 4 saturated carbocycles. The monoisotopic (exact) mass is 502 g/mol. The smallest absolute Gasteiger partial charge is 0.310 e. The molecule has 0 amide bonds. The van der Waals surface area contributed by atoms with E-state index in [2.05, 4.69) is 26.8 Å². The van der Waals surface area contributed by atoms with Crippen molar-refractivity contribution in [1.29, 1.82) is 0 Å². The van der Waals surface area contributed by atoms with Gasteiger partial charge in [0.05, 0.1) is 11.0 Å². The molecule has 0 aromatic carbocycles. The summed E-state index contributed by atoms with van der Waals surface area (Å²) in [5, 5.41) is 44.7. The van der Waals surface area contributed by atoms with Crippen LogP contribution in [0.4, 0.5) is 0 Å². The molecule has 5 aliphatic rings. The van der Waals surface area contributed by atoms with Crippen molar-refractivity contribution in [3.63, 3.8) is 0 Å². The third kappa shape index (κ3) is 2.74. The van der Waals surface area contributed by atoms with Gasteiger partial charge in [0.1, 0.15) is 12.2 Å². The fraction of sp³-hybridized carbons (Fsp3) is 0.867. The van der Waals surface area contributed by atoms with E-state index in [1.807, 2.05) is 27.7 Å². The largest absolute Gasteiger partial charge is 0.481 e. The molecule has 202 valence electrons. The fourth-order valence-corrected chi connectivity index (χ4v) is 10.7. The highest BCUT2D eigenvalue weighted by atomic mass is 16.4. The molecule has 0 bridgehead atoms. The van der Waals surface area contributed by atoms with Crippen LogP contribution in [0.3, 0.4) is 0 Å². The van der Waals surface area contributed by atoms with Crippen LogP contribution in [0.15, 0.2) is 11.6 Å². The number of rotatable bonds is 1. The number of carbonyl (C=O) groups is 2. The summed E-state index contributed by atoms with van der Waals surface area (Å²) >= 11 is 0. The number of fused-ring (bicyclic) bond motifs is 7. The van der Waals surface area contributed by atoms with Gasteiger partial charge in [-0.25, -0.2) is 0 Å². The Morgan fingerprint density at radius 3 is 2.17 bits per heavy atom. The Morgan fingerprint density at radius 2 is 1.56 bits per heavy atom. The van der Waals surface area contributed by atoms with E-state index in [9.17, 15) is 30.0 Å². The SMILES string of the molecule is C[C@@H]1CC[C@]2(C(=O)O)CC[C@]3(C)C(=CCC4[C@]5(C)C(CC[C@]43C)C(C)(C)[C@@H](O)C(=O)[C@H]5O)C2[C@]1(C)O. The average molecular weight is 503 g/mol. The molecule has 0 radical (unpaired) electrons. The Labute approximate surface area is 215 Å². The minimum atomic E-state index is -1.23. The van der Waals surface area contributed by atoms with Crippen molar-refractivity contribution in [3.8, 4) is 0 Å². The predicted molar refractivity (Wildman–Crippen MR) is 136 cm³/mol. The van der Waals surface area contributed by atoms with Gasteiger partial charge in [0.15, 0.2) is 5.78 Å². The van der Waals surface area contributed by atoms with Crippen molar-refractivity contribution in [2.75, 3.05) is 0 Å². The van der Waals surface area contributed by atoms with Crippen LogP contribution in [0.25, 0.3) is 0 Å². The van der Waals surface area contributed by atoms with Crippen LogP contribution in [0, 0.1) is 50.7 Å². The van der Waals surface area contributed by atoms with Crippen molar-refractivity contribution in [2.45, 2.75) is 111 Å². The number of Topliss-reactive ketones (excluding diaryl/α,β-unsaturated/α-hetero) is 1. The number of aliphatic hydroxyl groups is 3. The van der Waals surface area contributed by atoms with E-state index >= 15 is 0 Å². The van der Waals surface area contributed by atoms with Gasteiger partial charge in [0, 0.05) is 16.7 Å². The molecule has 0 spiro atoms. The van der Waals surface area contributed by atoms with Gasteiger partial charge in [-0.05, 0) is 80.5 Å². The standard InChI is InChI=1S/C30H46O6/c1-16-10-13-30(24(34)35)15-14-26(4)17(21(30)29(16,7)36)8-9-19-27(26,5)12-11-18-25(2,3)22(32)20(31)23(33)28(18,19)6/h8,16,18-19,21-23,32-33,36H,9-15H2,1-7H3,(H,34,35)/t16-,18?,19?,21?,22+,23-,26-,27-,28+,29-,30+/m1/s1. The third-order valence-corrected chi connectivity index (χ3v) is 13.4. The molecule has 4 N–H and O–H groups in total. The molecule has 3 unspecified atom stereocenters. The lowest BCUT2D eigenvalue weighted by molar-refractivity contribution is -0.238. The van der Waals surface area contributed by atoms with Gasteiger partial charge in [-0.1, -0.05) is 53.2 Å². The maximum absolute atomic E-state index is 13.2. The molecule has 0 heterocycles. The van der Waals surface area contributed by atoms with Gasteiger partial charge in [0.2, 0.25) is 0 Å². The van der Waals surface area contributed by atoms with E-state index in [1.54, 1.807) is 0 Å². The lowest BCUT2D eigenvalue weighted by atomic mass is 9.32. The van der Waals surface area contributed by atoms with E-state index in [-0.39, 0.29) is 28.6 Å². The van der Waals surface area contributed by atoms with E-state index in [1.165, 1.54) is 0 Å². The van der Waals surface area contributed by atoms with Crippen molar-refractivity contribution < 1.29 is 30.0 Å². The fourth-order valence-electron chi connectivity index (χ4n) is 10.7. The zero-order valence-corrected chi connectivity index (χ0v) is 23.1. The van der Waals surface area contributed by atoms with E-state index < -0.39 is 51.7 Å². The number of aliphatic hydroxyl groups excluding tert-OH is 2. The molecule has 0 aromatic heterocycles. The van der Waals surface area contributed by atoms with Gasteiger partial charge in [-0.2, -0.15) is 0 Å². The molecule has 11 atom stereocenters. The second-order valence-electron chi connectivity index (χ2n) is 14.7. The highest BCUT2D eigenvalue weighted by Crippen LogP contribution is 2.75. The van der Waals surface area contributed by atoms with Crippen LogP contribution in [-0.2, 0) is 9.59 Å². The first-order valence-corrected chi connectivity index (χ1v) is 14.0. The summed E-state index contributed by atoms with van der Waals surface area (Å²) < 4.78 is 0. The van der Waals surface area contributed by atoms with Gasteiger partial charge < -0.3 is 20.4 Å². The molecule has 4 fully saturated rings. The average Bonchev–Trinajstić information content (AvgIpc) is 2.79. The molecule has 0 saturated heterocycles. The van der Waals surface area contributed by atoms with E-state index in [0.29, 0.717) is 25.7 Å². The lowest BCUT2D eigenvalue weighted by Crippen LogP contribution is -2.71. The number of allylic oxidation sites excluding steroid dienone is 1. The zero-order valence-electron chi connectivity index (χ0n) is 23.1. The van der Waals surface area contributed by atoms with Gasteiger partial charge in [0.25, 0.3) is 0 Å². The summed E-state index contributed by atoms with van der Waals surface area (Å²) in [6.45, 7) is 14.4. The van der Waals surface area contributed by atoms with Crippen molar-refractivity contribution in [3.05, 3.63) is 11.6 Å². The normalized spacial score (nSPS) is 55.9. The quantitative estimate of drug-likeness (QED) is 0.396. The zero-order chi connectivity index (χ0) is 26.9. The molecule has 6 nitrogen and oxygen atoms in total. The summed E-state index contributed by atoms with van der Waals surface area (Å²) in [4.78, 5) is 26.0. The number of aliphatic carboxylic acids is 1. The summed E-state index contributed by atoms with van der Waals surface area (Å²) in [5.74, 6) is -1.73. The Balaban J connectivity index is 1.68. The van der Waals surface area contributed by atoms with E-state index in [0.717, 1.165) is 24.8 Å². The van der Waals surface area contributed by atoms with Crippen LogP contribution >= 0.6 is 0 Å². The molecule has 5 aliphatic carbocycles. The lowest BCUT2D eigenvalue weighted by Gasteiger charge is -2.72. The predicted octanol–water partition coefficient (Wildman–Crippen LogP) is 4.35. The number of ketones is 1. The van der Waals surface area contributed by atoms with Gasteiger partial charge >= 0.3 is 5.97 Å². The topological polar surface area (TPSA) is 115 Å². The first-order chi connectivity index (χ1) is 16.4. The molecule has 6 heteroatoms. The Bertz CT molecular complexity index is 1030. The highest BCUT2D eigenvalue weighted by molar-refractivity contribution is 5.90. The van der Waals surface area contributed by atoms with Crippen LogP contribution in [0.2, 0.25) is 0 Å². The number of carboxylic acid groups (broad SMARTS) is 1. The Hall–Kier alpha value is -1.24. The minimum Gasteiger partial charge on any atom is -0.481 e. The summed E-state index contributed by atoms with van der Waals surface area (Å²) in [6, 6.07) is 0. The van der Waals surface area contributed by atoms with Crippen molar-refractivity contribution in [2.24, 2.45) is 50.7 Å². The second-order valence-corrected chi connectivity index (χ2v) is 14.7. The van der Waals surface area contributed by atoms with Crippen molar-refractivity contribution in [1.82, 2.24) is 0 Å². The number of carbonyl (C=O) groups excluding carboxylic acids is 1. The van der Waals surface area contributed by atoms with Crippen molar-refractivity contribution >= 4 is 11.8 Å². The van der Waals surface area contributed by atoms with Gasteiger partial charge in [-0.3, -0.25) is 9.59 Å².